The smallest absolute Gasteiger partial charge is 0.286 e. The molecule has 1 atom stereocenters. The van der Waals surface area contributed by atoms with Gasteiger partial charge in [0, 0.05) is 38.3 Å². The maximum atomic E-state index is 12.3. The standard InChI is InChI=1S/C16H19N3O3S/c1-11-4-2-3-5-12(11)18-6-8-19(9-7-18)14(20)10-13-15(21)17-16(22)23-13/h2-5,13H,6-10H2,1H3,(H,17,21,22)/t13-/m1/s1. The van der Waals surface area contributed by atoms with Crippen LogP contribution in [0.15, 0.2) is 24.3 Å². The molecule has 0 radical (unpaired) electrons. The van der Waals surface area contributed by atoms with E-state index in [0.717, 1.165) is 24.9 Å². The molecule has 3 rings (SSSR count). The highest BCUT2D eigenvalue weighted by Gasteiger charge is 2.35. The van der Waals surface area contributed by atoms with Gasteiger partial charge in [0.1, 0.15) is 5.25 Å². The number of nitrogens with zero attached hydrogens (tertiary/aromatic N) is 2. The number of para-hydroxylation sites is 1. The molecule has 2 aliphatic rings. The molecule has 0 unspecified atom stereocenters. The van der Waals surface area contributed by atoms with Crippen molar-refractivity contribution in [3.63, 3.8) is 0 Å². The van der Waals surface area contributed by atoms with Crippen molar-refractivity contribution in [1.82, 2.24) is 10.2 Å². The van der Waals surface area contributed by atoms with Gasteiger partial charge in [-0.2, -0.15) is 0 Å². The fraction of sp³-hybridized carbons (Fsp3) is 0.438. The van der Waals surface area contributed by atoms with Gasteiger partial charge >= 0.3 is 0 Å². The van der Waals surface area contributed by atoms with E-state index in [1.165, 1.54) is 11.3 Å². The zero-order valence-electron chi connectivity index (χ0n) is 12.9. The Balaban J connectivity index is 1.54. The second-order valence-electron chi connectivity index (χ2n) is 5.74. The molecule has 2 heterocycles. The topological polar surface area (TPSA) is 69.7 Å². The average Bonchev–Trinajstić information content (AvgIpc) is 2.85. The molecule has 3 amide bonds. The number of imide groups is 1. The first-order chi connectivity index (χ1) is 11.0. The Morgan fingerprint density at radius 2 is 1.91 bits per heavy atom. The van der Waals surface area contributed by atoms with Gasteiger partial charge in [-0.1, -0.05) is 30.0 Å². The van der Waals surface area contributed by atoms with Crippen LogP contribution in [-0.4, -0.2) is 53.4 Å². The fourth-order valence-corrected chi connectivity index (χ4v) is 3.74. The lowest BCUT2D eigenvalue weighted by atomic mass is 10.1. The van der Waals surface area contributed by atoms with Crippen LogP contribution in [0.3, 0.4) is 0 Å². The molecule has 0 aromatic heterocycles. The van der Waals surface area contributed by atoms with Crippen molar-refractivity contribution in [1.29, 1.82) is 0 Å². The van der Waals surface area contributed by atoms with E-state index in [1.54, 1.807) is 4.90 Å². The molecule has 0 aliphatic carbocycles. The molecular formula is C16H19N3O3S. The van der Waals surface area contributed by atoms with E-state index in [2.05, 4.69) is 29.3 Å². The van der Waals surface area contributed by atoms with Crippen LogP contribution in [0, 0.1) is 6.92 Å². The third-order valence-corrected chi connectivity index (χ3v) is 5.20. The monoisotopic (exact) mass is 333 g/mol. The van der Waals surface area contributed by atoms with Crippen molar-refractivity contribution in [2.75, 3.05) is 31.1 Å². The number of benzene rings is 1. The maximum Gasteiger partial charge on any atom is 0.286 e. The van der Waals surface area contributed by atoms with Gasteiger partial charge in [0.05, 0.1) is 0 Å². The molecule has 0 spiro atoms. The van der Waals surface area contributed by atoms with Gasteiger partial charge < -0.3 is 9.80 Å². The molecule has 0 bridgehead atoms. The van der Waals surface area contributed by atoms with Gasteiger partial charge in [0.2, 0.25) is 11.8 Å². The summed E-state index contributed by atoms with van der Waals surface area (Å²) >= 11 is 0.908. The van der Waals surface area contributed by atoms with Crippen LogP contribution in [0.2, 0.25) is 0 Å². The second kappa shape index (κ2) is 6.62. The number of anilines is 1. The first-order valence-electron chi connectivity index (χ1n) is 7.64. The Labute approximate surface area is 139 Å². The number of amides is 3. The third-order valence-electron chi connectivity index (χ3n) is 4.22. The van der Waals surface area contributed by atoms with Gasteiger partial charge in [-0.15, -0.1) is 0 Å². The summed E-state index contributed by atoms with van der Waals surface area (Å²) in [6.07, 6.45) is 0.0899. The predicted molar refractivity (Wildman–Crippen MR) is 89.5 cm³/mol. The van der Waals surface area contributed by atoms with Crippen LogP contribution in [0.5, 0.6) is 0 Å². The van der Waals surface area contributed by atoms with E-state index < -0.39 is 5.25 Å². The Kier molecular flexibility index (Phi) is 4.56. The quantitative estimate of drug-likeness (QED) is 0.905. The molecule has 7 heteroatoms. The fourth-order valence-electron chi connectivity index (χ4n) is 2.93. The lowest BCUT2D eigenvalue weighted by Crippen LogP contribution is -2.49. The molecule has 1 N–H and O–H groups in total. The van der Waals surface area contributed by atoms with Crippen LogP contribution in [0.4, 0.5) is 10.5 Å². The van der Waals surface area contributed by atoms with Crippen molar-refractivity contribution < 1.29 is 14.4 Å². The summed E-state index contributed by atoms with van der Waals surface area (Å²) in [4.78, 5) is 39.1. The van der Waals surface area contributed by atoms with E-state index in [1.807, 2.05) is 12.1 Å². The Hall–Kier alpha value is -2.02. The number of thioether (sulfide) groups is 1. The van der Waals surface area contributed by atoms with E-state index in [9.17, 15) is 14.4 Å². The van der Waals surface area contributed by atoms with E-state index in [4.69, 9.17) is 0 Å². The summed E-state index contributed by atoms with van der Waals surface area (Å²) < 4.78 is 0. The van der Waals surface area contributed by atoms with Crippen molar-refractivity contribution in [2.24, 2.45) is 0 Å². The SMILES string of the molecule is Cc1ccccc1N1CCN(C(=O)C[C@H]2SC(=O)NC2=O)CC1. The van der Waals surface area contributed by atoms with Crippen LogP contribution in [0.1, 0.15) is 12.0 Å². The van der Waals surface area contributed by atoms with Crippen molar-refractivity contribution in [3.05, 3.63) is 29.8 Å². The molecule has 1 aromatic carbocycles. The molecule has 6 nitrogen and oxygen atoms in total. The molecule has 1 aromatic rings. The Morgan fingerprint density at radius 3 is 2.52 bits per heavy atom. The lowest BCUT2D eigenvalue weighted by molar-refractivity contribution is -0.133. The zero-order valence-corrected chi connectivity index (χ0v) is 13.8. The number of nitrogens with one attached hydrogen (secondary N) is 1. The van der Waals surface area contributed by atoms with E-state index >= 15 is 0 Å². The van der Waals surface area contributed by atoms with Crippen molar-refractivity contribution in [3.8, 4) is 0 Å². The number of carbonyl (C=O) groups is 3. The first-order valence-corrected chi connectivity index (χ1v) is 8.52. The predicted octanol–water partition coefficient (Wildman–Crippen LogP) is 1.39. The van der Waals surface area contributed by atoms with Gasteiger partial charge in [-0.3, -0.25) is 19.7 Å². The summed E-state index contributed by atoms with van der Waals surface area (Å²) in [6.45, 7) is 4.92. The summed E-state index contributed by atoms with van der Waals surface area (Å²) in [7, 11) is 0. The largest absolute Gasteiger partial charge is 0.368 e. The Bertz CT molecular complexity index is 641. The number of aryl methyl sites for hydroxylation is 1. The Morgan fingerprint density at radius 1 is 1.22 bits per heavy atom. The minimum absolute atomic E-state index is 0.0585. The average molecular weight is 333 g/mol. The zero-order chi connectivity index (χ0) is 16.4. The number of hydrogen-bond acceptors (Lipinski definition) is 5. The van der Waals surface area contributed by atoms with E-state index in [-0.39, 0.29) is 23.5 Å². The van der Waals surface area contributed by atoms with E-state index in [0.29, 0.717) is 13.1 Å². The number of rotatable bonds is 3. The molecule has 23 heavy (non-hydrogen) atoms. The molecule has 122 valence electrons. The van der Waals surface area contributed by atoms with Crippen molar-refractivity contribution in [2.45, 2.75) is 18.6 Å². The normalized spacial score (nSPS) is 21.5. The molecular weight excluding hydrogens is 314 g/mol. The maximum absolute atomic E-state index is 12.3. The lowest BCUT2D eigenvalue weighted by Gasteiger charge is -2.37. The number of carbonyl (C=O) groups excluding carboxylic acids is 3. The minimum Gasteiger partial charge on any atom is -0.368 e. The van der Waals surface area contributed by atoms with Gasteiger partial charge in [-0.05, 0) is 18.6 Å². The summed E-state index contributed by atoms with van der Waals surface area (Å²) in [5.74, 6) is -0.413. The first kappa shape index (κ1) is 15.9. The van der Waals surface area contributed by atoms with Crippen LogP contribution < -0.4 is 10.2 Å². The van der Waals surface area contributed by atoms with Crippen LogP contribution in [0.25, 0.3) is 0 Å². The highest BCUT2D eigenvalue weighted by Crippen LogP contribution is 2.24. The number of piperazine rings is 1. The number of hydrogen-bond donors (Lipinski definition) is 1. The summed E-state index contributed by atoms with van der Waals surface area (Å²) in [6, 6.07) is 8.22. The highest BCUT2D eigenvalue weighted by atomic mass is 32.2. The highest BCUT2D eigenvalue weighted by molar-refractivity contribution is 8.15. The van der Waals surface area contributed by atoms with Gasteiger partial charge in [0.15, 0.2) is 0 Å². The summed E-state index contributed by atoms with van der Waals surface area (Å²) in [5.41, 5.74) is 2.43. The molecule has 2 saturated heterocycles. The molecule has 0 saturated carbocycles. The minimum atomic E-state index is -0.579. The molecule has 2 fully saturated rings. The molecule has 2 aliphatic heterocycles. The van der Waals surface area contributed by atoms with Crippen molar-refractivity contribution >= 4 is 34.5 Å². The van der Waals surface area contributed by atoms with Gasteiger partial charge in [-0.25, -0.2) is 0 Å². The summed E-state index contributed by atoms with van der Waals surface area (Å²) in [5, 5.41) is 1.27. The third kappa shape index (κ3) is 3.50. The second-order valence-corrected chi connectivity index (χ2v) is 6.92. The van der Waals surface area contributed by atoms with Crippen LogP contribution in [-0.2, 0) is 9.59 Å². The van der Waals surface area contributed by atoms with Gasteiger partial charge in [0.25, 0.3) is 5.24 Å². The van der Waals surface area contributed by atoms with Crippen LogP contribution >= 0.6 is 11.8 Å².